The summed E-state index contributed by atoms with van der Waals surface area (Å²) in [4.78, 5) is 15.5. The minimum atomic E-state index is -0.833. The number of halogens is 2. The van der Waals surface area contributed by atoms with E-state index < -0.39 is 11.9 Å². The van der Waals surface area contributed by atoms with E-state index in [1.165, 1.54) is 12.1 Å². The first-order chi connectivity index (χ1) is 10.1. The quantitative estimate of drug-likeness (QED) is 0.910. The number of nitrogens with zero attached hydrogens (tertiary/aromatic N) is 2. The molecule has 1 N–H and O–H groups in total. The zero-order chi connectivity index (χ0) is 15.0. The van der Waals surface area contributed by atoms with E-state index in [1.807, 2.05) is 0 Å². The molecule has 1 saturated carbocycles. The summed E-state index contributed by atoms with van der Waals surface area (Å²) in [6.45, 7) is 0. The van der Waals surface area contributed by atoms with E-state index in [4.69, 9.17) is 4.52 Å². The summed E-state index contributed by atoms with van der Waals surface area (Å²) in [6, 6.07) is 4.18. The number of aromatic nitrogens is 2. The van der Waals surface area contributed by atoms with Crippen molar-refractivity contribution in [3.63, 3.8) is 0 Å². The first kappa shape index (κ1) is 14.2. The van der Waals surface area contributed by atoms with Gasteiger partial charge in [0.1, 0.15) is 5.82 Å². The van der Waals surface area contributed by atoms with Crippen LogP contribution in [0.15, 0.2) is 27.2 Å². The predicted octanol–water partition coefficient (Wildman–Crippen LogP) is 3.61. The van der Waals surface area contributed by atoms with E-state index in [0.717, 1.165) is 12.8 Å². The molecule has 7 heteroatoms. The van der Waals surface area contributed by atoms with Crippen molar-refractivity contribution in [2.45, 2.75) is 25.2 Å². The van der Waals surface area contributed by atoms with Crippen LogP contribution >= 0.6 is 15.9 Å². The predicted molar refractivity (Wildman–Crippen MR) is 75.1 cm³/mol. The molecule has 0 amide bonds. The molecule has 2 unspecified atom stereocenters. The van der Waals surface area contributed by atoms with Gasteiger partial charge in [-0.3, -0.25) is 4.79 Å². The topological polar surface area (TPSA) is 76.2 Å². The smallest absolute Gasteiger partial charge is 0.307 e. The average molecular weight is 355 g/mol. The number of carboxylic acid groups (broad SMARTS) is 1. The SMILES string of the molecule is O=C(O)C1CCCC1c1nc(-c2ccc(F)cc2Br)no1. The Bertz CT molecular complexity index is 689. The highest BCUT2D eigenvalue weighted by atomic mass is 79.9. The van der Waals surface area contributed by atoms with Crippen molar-refractivity contribution in [3.05, 3.63) is 34.4 Å². The molecular formula is C14H12BrFN2O3. The highest BCUT2D eigenvalue weighted by Crippen LogP contribution is 2.39. The van der Waals surface area contributed by atoms with E-state index >= 15 is 0 Å². The fourth-order valence-corrected chi connectivity index (χ4v) is 3.25. The number of hydrogen-bond donors (Lipinski definition) is 1. The van der Waals surface area contributed by atoms with E-state index in [1.54, 1.807) is 6.07 Å². The second-order valence-corrected chi connectivity index (χ2v) is 5.92. The van der Waals surface area contributed by atoms with Crippen molar-refractivity contribution < 1.29 is 18.8 Å². The molecule has 1 aromatic heterocycles. The molecule has 0 spiro atoms. The van der Waals surface area contributed by atoms with Crippen LogP contribution in [0.25, 0.3) is 11.4 Å². The molecule has 2 aromatic rings. The number of aliphatic carboxylic acids is 1. The summed E-state index contributed by atoms with van der Waals surface area (Å²) < 4.78 is 18.8. The Labute approximate surface area is 128 Å². The first-order valence-electron chi connectivity index (χ1n) is 6.58. The summed E-state index contributed by atoms with van der Waals surface area (Å²) in [7, 11) is 0. The van der Waals surface area contributed by atoms with E-state index in [0.29, 0.717) is 28.2 Å². The minimum Gasteiger partial charge on any atom is -0.481 e. The Morgan fingerprint density at radius 2 is 2.24 bits per heavy atom. The molecule has 0 aliphatic heterocycles. The number of carbonyl (C=O) groups is 1. The molecule has 1 aliphatic rings. The van der Waals surface area contributed by atoms with Gasteiger partial charge in [-0.25, -0.2) is 4.39 Å². The average Bonchev–Trinajstić information content (AvgIpc) is 3.06. The second kappa shape index (κ2) is 5.55. The van der Waals surface area contributed by atoms with Gasteiger partial charge in [0.25, 0.3) is 0 Å². The Kier molecular flexibility index (Phi) is 3.75. The number of rotatable bonds is 3. The van der Waals surface area contributed by atoms with Crippen LogP contribution in [-0.4, -0.2) is 21.2 Å². The number of benzene rings is 1. The number of carboxylic acids is 1. The molecule has 3 rings (SSSR count). The van der Waals surface area contributed by atoms with Crippen LogP contribution < -0.4 is 0 Å². The van der Waals surface area contributed by atoms with Gasteiger partial charge in [0, 0.05) is 10.0 Å². The number of hydrogen-bond acceptors (Lipinski definition) is 4. The molecule has 0 saturated heterocycles. The lowest BCUT2D eigenvalue weighted by molar-refractivity contribution is -0.142. The zero-order valence-electron chi connectivity index (χ0n) is 10.9. The van der Waals surface area contributed by atoms with Crippen LogP contribution in [-0.2, 0) is 4.79 Å². The largest absolute Gasteiger partial charge is 0.481 e. The Hall–Kier alpha value is -1.76. The van der Waals surface area contributed by atoms with Crippen LogP contribution in [0.4, 0.5) is 4.39 Å². The van der Waals surface area contributed by atoms with Crippen LogP contribution in [0.3, 0.4) is 0 Å². The molecule has 0 radical (unpaired) electrons. The summed E-state index contributed by atoms with van der Waals surface area (Å²) in [5, 5.41) is 13.1. The van der Waals surface area contributed by atoms with Crippen molar-refractivity contribution in [2.75, 3.05) is 0 Å². The molecule has 1 aromatic carbocycles. The van der Waals surface area contributed by atoms with Gasteiger partial charge in [-0.05, 0) is 47.0 Å². The fourth-order valence-electron chi connectivity index (χ4n) is 2.72. The van der Waals surface area contributed by atoms with Gasteiger partial charge < -0.3 is 9.63 Å². The summed E-state index contributed by atoms with van der Waals surface area (Å²) >= 11 is 3.26. The van der Waals surface area contributed by atoms with E-state index in [9.17, 15) is 14.3 Å². The Morgan fingerprint density at radius 3 is 2.95 bits per heavy atom. The van der Waals surface area contributed by atoms with Crippen LogP contribution in [0, 0.1) is 11.7 Å². The standard InChI is InChI=1S/C14H12BrFN2O3/c15-11-6-7(16)4-5-10(11)12-17-13(21-18-12)8-2-1-3-9(8)14(19)20/h4-6,8-9H,1-3H2,(H,19,20). The second-order valence-electron chi connectivity index (χ2n) is 5.06. The fraction of sp³-hybridized carbons (Fsp3) is 0.357. The molecule has 0 bridgehead atoms. The Balaban J connectivity index is 1.91. The lowest BCUT2D eigenvalue weighted by atomic mass is 9.96. The molecule has 2 atom stereocenters. The molecule has 21 heavy (non-hydrogen) atoms. The van der Waals surface area contributed by atoms with Crippen molar-refractivity contribution >= 4 is 21.9 Å². The van der Waals surface area contributed by atoms with Gasteiger partial charge in [0.15, 0.2) is 0 Å². The van der Waals surface area contributed by atoms with Gasteiger partial charge in [0.2, 0.25) is 11.7 Å². The van der Waals surface area contributed by atoms with Crippen LogP contribution in [0.2, 0.25) is 0 Å². The molecule has 1 aliphatic carbocycles. The summed E-state index contributed by atoms with van der Waals surface area (Å²) in [6.07, 6.45) is 2.18. The maximum Gasteiger partial charge on any atom is 0.307 e. The lowest BCUT2D eigenvalue weighted by Gasteiger charge is -2.10. The molecular weight excluding hydrogens is 343 g/mol. The molecule has 110 valence electrons. The highest BCUT2D eigenvalue weighted by molar-refractivity contribution is 9.10. The van der Waals surface area contributed by atoms with Crippen molar-refractivity contribution in [1.82, 2.24) is 10.1 Å². The van der Waals surface area contributed by atoms with Gasteiger partial charge in [-0.15, -0.1) is 0 Å². The third-order valence-corrected chi connectivity index (χ3v) is 4.42. The minimum absolute atomic E-state index is 0.247. The summed E-state index contributed by atoms with van der Waals surface area (Å²) in [5.74, 6) is -1.26. The van der Waals surface area contributed by atoms with Gasteiger partial charge in [-0.2, -0.15) is 4.98 Å². The van der Waals surface area contributed by atoms with Crippen molar-refractivity contribution in [3.8, 4) is 11.4 Å². The van der Waals surface area contributed by atoms with Gasteiger partial charge in [-0.1, -0.05) is 11.6 Å². The van der Waals surface area contributed by atoms with E-state index in [2.05, 4.69) is 26.1 Å². The molecule has 1 fully saturated rings. The third kappa shape index (κ3) is 2.70. The molecule has 5 nitrogen and oxygen atoms in total. The van der Waals surface area contributed by atoms with Crippen LogP contribution in [0.1, 0.15) is 31.1 Å². The van der Waals surface area contributed by atoms with Crippen molar-refractivity contribution in [1.29, 1.82) is 0 Å². The summed E-state index contributed by atoms with van der Waals surface area (Å²) in [5.41, 5.74) is 0.608. The first-order valence-corrected chi connectivity index (χ1v) is 7.37. The van der Waals surface area contributed by atoms with E-state index in [-0.39, 0.29) is 11.7 Å². The highest BCUT2D eigenvalue weighted by Gasteiger charge is 2.37. The lowest BCUT2D eigenvalue weighted by Crippen LogP contribution is -2.17. The normalized spacial score (nSPS) is 21.6. The van der Waals surface area contributed by atoms with Gasteiger partial charge in [0.05, 0.1) is 11.8 Å². The third-order valence-electron chi connectivity index (χ3n) is 3.76. The maximum atomic E-state index is 13.1. The van der Waals surface area contributed by atoms with Gasteiger partial charge >= 0.3 is 5.97 Å². The Morgan fingerprint density at radius 1 is 1.43 bits per heavy atom. The molecule has 1 heterocycles. The van der Waals surface area contributed by atoms with Crippen LogP contribution in [0.5, 0.6) is 0 Å². The maximum absolute atomic E-state index is 13.1. The zero-order valence-corrected chi connectivity index (χ0v) is 12.5. The monoisotopic (exact) mass is 354 g/mol. The van der Waals surface area contributed by atoms with Crippen molar-refractivity contribution in [2.24, 2.45) is 5.92 Å².